The van der Waals surface area contributed by atoms with Crippen LogP contribution in [0.1, 0.15) is 18.4 Å². The number of carboxylic acids is 1. The van der Waals surface area contributed by atoms with Crippen molar-refractivity contribution in [1.29, 1.82) is 0 Å². The van der Waals surface area contributed by atoms with Crippen molar-refractivity contribution in [3.63, 3.8) is 0 Å². The maximum absolute atomic E-state index is 10.3. The Kier molecular flexibility index (Phi) is 4.62. The molecule has 0 aliphatic carbocycles. The first-order chi connectivity index (χ1) is 7.09. The van der Waals surface area contributed by atoms with Gasteiger partial charge in [0.25, 0.3) is 0 Å². The highest BCUT2D eigenvalue weighted by Gasteiger charge is 2.00. The van der Waals surface area contributed by atoms with E-state index in [1.165, 1.54) is 5.56 Å². The average molecular weight is 272 g/mol. The Morgan fingerprint density at radius 2 is 2.27 bits per heavy atom. The molecule has 0 radical (unpaired) electrons. The molecule has 0 saturated heterocycles. The Labute approximate surface area is 97.6 Å². The van der Waals surface area contributed by atoms with Crippen molar-refractivity contribution in [2.24, 2.45) is 0 Å². The lowest BCUT2D eigenvalue weighted by molar-refractivity contribution is -0.137. The van der Waals surface area contributed by atoms with Gasteiger partial charge in [0.2, 0.25) is 0 Å². The Balaban J connectivity index is 2.40. The summed E-state index contributed by atoms with van der Waals surface area (Å²) in [6, 6.07) is 6.03. The van der Waals surface area contributed by atoms with Crippen LogP contribution in [0, 0.1) is 6.92 Å². The molecule has 0 atom stereocenters. The van der Waals surface area contributed by atoms with Gasteiger partial charge in [0.1, 0.15) is 0 Å². The number of rotatable bonds is 5. The first-order valence-corrected chi connectivity index (χ1v) is 5.60. The van der Waals surface area contributed by atoms with Crippen LogP contribution >= 0.6 is 15.9 Å². The van der Waals surface area contributed by atoms with Crippen molar-refractivity contribution in [2.75, 3.05) is 11.9 Å². The molecule has 0 fully saturated rings. The predicted molar refractivity (Wildman–Crippen MR) is 64.2 cm³/mol. The molecule has 1 aromatic rings. The third-order valence-electron chi connectivity index (χ3n) is 2.01. The number of hydrogen-bond donors (Lipinski definition) is 2. The number of aliphatic carboxylic acids is 1. The molecule has 0 bridgehead atoms. The van der Waals surface area contributed by atoms with E-state index in [1.807, 2.05) is 25.1 Å². The molecule has 0 aliphatic rings. The highest BCUT2D eigenvalue weighted by Crippen LogP contribution is 2.23. The number of benzene rings is 1. The van der Waals surface area contributed by atoms with Gasteiger partial charge < -0.3 is 10.4 Å². The summed E-state index contributed by atoms with van der Waals surface area (Å²) in [6.07, 6.45) is 0.839. The smallest absolute Gasteiger partial charge is 0.303 e. The zero-order chi connectivity index (χ0) is 11.3. The van der Waals surface area contributed by atoms with Crippen LogP contribution in [0.5, 0.6) is 0 Å². The summed E-state index contributed by atoms with van der Waals surface area (Å²) >= 11 is 3.45. The third kappa shape index (κ3) is 4.34. The predicted octanol–water partition coefficient (Wildman–Crippen LogP) is 3.03. The van der Waals surface area contributed by atoms with Gasteiger partial charge in [0, 0.05) is 23.1 Å². The van der Waals surface area contributed by atoms with E-state index in [1.54, 1.807) is 0 Å². The maximum Gasteiger partial charge on any atom is 0.303 e. The number of carbonyl (C=O) groups is 1. The zero-order valence-electron chi connectivity index (χ0n) is 8.59. The van der Waals surface area contributed by atoms with Gasteiger partial charge in [-0.1, -0.05) is 6.07 Å². The summed E-state index contributed by atoms with van der Waals surface area (Å²) < 4.78 is 1.01. The molecule has 0 saturated carbocycles. The average Bonchev–Trinajstić information content (AvgIpc) is 2.14. The molecular formula is C11H14BrNO2. The van der Waals surface area contributed by atoms with E-state index in [0.29, 0.717) is 13.0 Å². The van der Waals surface area contributed by atoms with Crippen LogP contribution in [0.15, 0.2) is 22.7 Å². The molecule has 0 spiro atoms. The third-order valence-corrected chi connectivity index (χ3v) is 2.66. The second-order valence-electron chi connectivity index (χ2n) is 3.41. The number of aryl methyl sites for hydroxylation is 1. The maximum atomic E-state index is 10.3. The molecule has 4 heteroatoms. The molecule has 15 heavy (non-hydrogen) atoms. The van der Waals surface area contributed by atoms with E-state index in [4.69, 9.17) is 5.11 Å². The number of carboxylic acid groups (broad SMARTS) is 1. The fourth-order valence-electron chi connectivity index (χ4n) is 1.23. The van der Waals surface area contributed by atoms with Crippen molar-refractivity contribution in [2.45, 2.75) is 19.8 Å². The monoisotopic (exact) mass is 271 g/mol. The Bertz CT molecular complexity index is 352. The molecule has 0 unspecified atom stereocenters. The van der Waals surface area contributed by atoms with Crippen molar-refractivity contribution < 1.29 is 9.90 Å². The van der Waals surface area contributed by atoms with Gasteiger partial charge in [0.15, 0.2) is 0 Å². The lowest BCUT2D eigenvalue weighted by Gasteiger charge is -2.08. The minimum atomic E-state index is -0.750. The lowest BCUT2D eigenvalue weighted by Crippen LogP contribution is -2.05. The van der Waals surface area contributed by atoms with E-state index in [0.717, 1.165) is 10.2 Å². The first-order valence-electron chi connectivity index (χ1n) is 4.81. The Morgan fingerprint density at radius 1 is 1.53 bits per heavy atom. The van der Waals surface area contributed by atoms with Crippen LogP contribution in [0.3, 0.4) is 0 Å². The molecule has 1 rings (SSSR count). The molecule has 2 N–H and O–H groups in total. The van der Waals surface area contributed by atoms with Crippen LogP contribution in [0.2, 0.25) is 0 Å². The largest absolute Gasteiger partial charge is 0.481 e. The summed E-state index contributed by atoms with van der Waals surface area (Å²) in [7, 11) is 0. The summed E-state index contributed by atoms with van der Waals surface area (Å²) in [5.41, 5.74) is 2.20. The topological polar surface area (TPSA) is 49.3 Å². The summed E-state index contributed by atoms with van der Waals surface area (Å²) in [5, 5.41) is 11.6. The lowest BCUT2D eigenvalue weighted by atomic mass is 10.2. The standard InChI is InChI=1S/C11H14BrNO2/c1-8-4-5-10(9(12)7-8)13-6-2-3-11(14)15/h4-5,7,13H,2-3,6H2,1H3,(H,14,15). The number of halogens is 1. The van der Waals surface area contributed by atoms with Gasteiger partial charge in [-0.15, -0.1) is 0 Å². The SMILES string of the molecule is Cc1ccc(NCCCC(=O)O)c(Br)c1. The zero-order valence-corrected chi connectivity index (χ0v) is 10.2. The van der Waals surface area contributed by atoms with Crippen LogP contribution in [0.4, 0.5) is 5.69 Å². The van der Waals surface area contributed by atoms with Gasteiger partial charge >= 0.3 is 5.97 Å². The van der Waals surface area contributed by atoms with E-state index >= 15 is 0 Å². The van der Waals surface area contributed by atoms with Crippen LogP contribution in [-0.2, 0) is 4.79 Å². The first kappa shape index (κ1) is 12.0. The van der Waals surface area contributed by atoms with Gasteiger partial charge in [-0.2, -0.15) is 0 Å². The second kappa shape index (κ2) is 5.75. The van der Waals surface area contributed by atoms with E-state index in [9.17, 15) is 4.79 Å². The quantitative estimate of drug-likeness (QED) is 0.810. The van der Waals surface area contributed by atoms with Gasteiger partial charge in [-0.3, -0.25) is 4.79 Å². The van der Waals surface area contributed by atoms with Gasteiger partial charge in [0.05, 0.1) is 0 Å². The van der Waals surface area contributed by atoms with E-state index < -0.39 is 5.97 Å². The summed E-state index contributed by atoms with van der Waals surface area (Å²) in [6.45, 7) is 2.70. The normalized spacial score (nSPS) is 10.0. The Morgan fingerprint density at radius 3 is 2.87 bits per heavy atom. The van der Waals surface area contributed by atoms with Crippen LogP contribution in [-0.4, -0.2) is 17.6 Å². The van der Waals surface area contributed by atoms with Crippen molar-refractivity contribution >= 4 is 27.6 Å². The molecule has 0 heterocycles. The van der Waals surface area contributed by atoms with E-state index in [2.05, 4.69) is 21.2 Å². The number of nitrogens with one attached hydrogen (secondary N) is 1. The molecule has 0 amide bonds. The van der Waals surface area contributed by atoms with E-state index in [-0.39, 0.29) is 6.42 Å². The molecule has 0 aromatic heterocycles. The number of hydrogen-bond acceptors (Lipinski definition) is 2. The number of anilines is 1. The molecular weight excluding hydrogens is 258 g/mol. The second-order valence-corrected chi connectivity index (χ2v) is 4.26. The van der Waals surface area contributed by atoms with Crippen molar-refractivity contribution in [3.8, 4) is 0 Å². The van der Waals surface area contributed by atoms with Crippen molar-refractivity contribution in [1.82, 2.24) is 0 Å². The summed E-state index contributed by atoms with van der Waals surface area (Å²) in [4.78, 5) is 10.3. The molecule has 0 aliphatic heterocycles. The van der Waals surface area contributed by atoms with Crippen molar-refractivity contribution in [3.05, 3.63) is 28.2 Å². The molecule has 1 aromatic carbocycles. The summed E-state index contributed by atoms with van der Waals surface area (Å²) in [5.74, 6) is -0.750. The van der Waals surface area contributed by atoms with Gasteiger partial charge in [-0.25, -0.2) is 0 Å². The minimum absolute atomic E-state index is 0.205. The highest BCUT2D eigenvalue weighted by atomic mass is 79.9. The Hall–Kier alpha value is -1.03. The fourth-order valence-corrected chi connectivity index (χ4v) is 1.86. The molecule has 82 valence electrons. The fraction of sp³-hybridized carbons (Fsp3) is 0.364. The van der Waals surface area contributed by atoms with Crippen LogP contribution in [0.25, 0.3) is 0 Å². The minimum Gasteiger partial charge on any atom is -0.481 e. The molecule has 3 nitrogen and oxygen atoms in total. The highest BCUT2D eigenvalue weighted by molar-refractivity contribution is 9.10. The van der Waals surface area contributed by atoms with Crippen LogP contribution < -0.4 is 5.32 Å². The van der Waals surface area contributed by atoms with Gasteiger partial charge in [-0.05, 0) is 47.0 Å².